The average Bonchev–Trinajstić information content (AvgIpc) is 2.73. The monoisotopic (exact) mass is 334 g/mol. The summed E-state index contributed by atoms with van der Waals surface area (Å²) in [4.78, 5) is 11.9. The molecule has 0 spiro atoms. The van der Waals surface area contributed by atoms with E-state index in [9.17, 15) is 4.79 Å². The molecule has 0 aliphatic rings. The number of hydrogen-bond acceptors (Lipinski definition) is 1. The lowest BCUT2D eigenvalue weighted by molar-refractivity contribution is -0.120. The maximum absolute atomic E-state index is 11.9. The maximum Gasteiger partial charge on any atom is 0.224 e. The molecule has 1 heterocycles. The van der Waals surface area contributed by atoms with Crippen LogP contribution >= 0.6 is 15.9 Å². The predicted octanol–water partition coefficient (Wildman–Crippen LogP) is 3.23. The van der Waals surface area contributed by atoms with Crippen LogP contribution in [0.3, 0.4) is 0 Å². The number of carbonyl (C=O) groups excluding carboxylic acids is 1. The Morgan fingerprint density at radius 2 is 1.70 bits per heavy atom. The van der Waals surface area contributed by atoms with Gasteiger partial charge in [-0.1, -0.05) is 28.1 Å². The van der Waals surface area contributed by atoms with Crippen LogP contribution in [0, 0.1) is 13.8 Å². The molecule has 0 radical (unpaired) electrons. The van der Waals surface area contributed by atoms with Crippen molar-refractivity contribution in [3.63, 3.8) is 0 Å². The van der Waals surface area contributed by atoms with Gasteiger partial charge in [-0.25, -0.2) is 0 Å². The number of aromatic nitrogens is 1. The number of nitrogens with one attached hydrogen (secondary N) is 1. The molecule has 1 N–H and O–H groups in total. The van der Waals surface area contributed by atoms with Gasteiger partial charge in [-0.05, 0) is 43.7 Å². The van der Waals surface area contributed by atoms with E-state index in [4.69, 9.17) is 0 Å². The zero-order chi connectivity index (χ0) is 14.5. The molecule has 2 rings (SSSR count). The predicted molar refractivity (Wildman–Crippen MR) is 84.8 cm³/mol. The minimum absolute atomic E-state index is 0.0646. The first-order valence-electron chi connectivity index (χ1n) is 6.70. The molecule has 0 aliphatic heterocycles. The Hall–Kier alpha value is -1.55. The average molecular weight is 335 g/mol. The van der Waals surface area contributed by atoms with Crippen molar-refractivity contribution in [3.05, 3.63) is 57.8 Å². The second-order valence-electron chi connectivity index (χ2n) is 4.92. The van der Waals surface area contributed by atoms with Gasteiger partial charge < -0.3 is 9.88 Å². The van der Waals surface area contributed by atoms with E-state index in [0.717, 1.165) is 16.6 Å². The molecular weight excluding hydrogens is 316 g/mol. The zero-order valence-corrected chi connectivity index (χ0v) is 13.4. The summed E-state index contributed by atoms with van der Waals surface area (Å²) in [6, 6.07) is 12.0. The molecule has 20 heavy (non-hydrogen) atoms. The van der Waals surface area contributed by atoms with Gasteiger partial charge in [0.15, 0.2) is 0 Å². The lowest BCUT2D eigenvalue weighted by atomic mass is 10.1. The normalized spacial score (nSPS) is 10.6. The molecule has 1 aromatic carbocycles. The van der Waals surface area contributed by atoms with Gasteiger partial charge in [0.05, 0.1) is 6.42 Å². The van der Waals surface area contributed by atoms with E-state index in [0.29, 0.717) is 13.0 Å². The van der Waals surface area contributed by atoms with Gasteiger partial charge >= 0.3 is 0 Å². The highest BCUT2D eigenvalue weighted by atomic mass is 79.9. The summed E-state index contributed by atoms with van der Waals surface area (Å²) < 4.78 is 3.24. The summed E-state index contributed by atoms with van der Waals surface area (Å²) >= 11 is 3.39. The number of aryl methyl sites for hydroxylation is 2. The van der Waals surface area contributed by atoms with Crippen LogP contribution in [0.1, 0.15) is 17.0 Å². The fourth-order valence-electron chi connectivity index (χ4n) is 2.21. The molecular formula is C16H19BrN2O. The van der Waals surface area contributed by atoms with Gasteiger partial charge in [0.2, 0.25) is 5.91 Å². The summed E-state index contributed by atoms with van der Waals surface area (Å²) in [5.41, 5.74) is 3.48. The molecule has 3 nitrogen and oxygen atoms in total. The summed E-state index contributed by atoms with van der Waals surface area (Å²) in [5.74, 6) is 0.0646. The van der Waals surface area contributed by atoms with Crippen molar-refractivity contribution in [1.29, 1.82) is 0 Å². The van der Waals surface area contributed by atoms with Gasteiger partial charge in [0.1, 0.15) is 0 Å². The highest BCUT2D eigenvalue weighted by molar-refractivity contribution is 9.10. The van der Waals surface area contributed by atoms with E-state index in [1.165, 1.54) is 11.4 Å². The third kappa shape index (κ3) is 3.97. The van der Waals surface area contributed by atoms with Crippen molar-refractivity contribution in [1.82, 2.24) is 9.88 Å². The molecule has 0 fully saturated rings. The van der Waals surface area contributed by atoms with Crippen LogP contribution in [0.5, 0.6) is 0 Å². The third-order valence-corrected chi connectivity index (χ3v) is 3.88. The van der Waals surface area contributed by atoms with E-state index in [2.05, 4.69) is 51.8 Å². The number of nitrogens with zero attached hydrogens (tertiary/aromatic N) is 1. The first-order valence-corrected chi connectivity index (χ1v) is 7.49. The number of amides is 1. The molecule has 106 valence electrons. The molecule has 1 amide bonds. The molecule has 0 saturated heterocycles. The van der Waals surface area contributed by atoms with Gasteiger partial charge in [0.25, 0.3) is 0 Å². The lowest BCUT2D eigenvalue weighted by Crippen LogP contribution is -2.29. The topological polar surface area (TPSA) is 34.0 Å². The fourth-order valence-corrected chi connectivity index (χ4v) is 2.47. The number of benzene rings is 1. The van der Waals surface area contributed by atoms with E-state index < -0.39 is 0 Å². The fraction of sp³-hybridized carbons (Fsp3) is 0.312. The number of carbonyl (C=O) groups is 1. The molecule has 0 bridgehead atoms. The van der Waals surface area contributed by atoms with Crippen molar-refractivity contribution >= 4 is 21.8 Å². The van der Waals surface area contributed by atoms with E-state index >= 15 is 0 Å². The van der Waals surface area contributed by atoms with Crippen molar-refractivity contribution < 1.29 is 4.79 Å². The molecule has 2 aromatic rings. The second-order valence-corrected chi connectivity index (χ2v) is 5.84. The van der Waals surface area contributed by atoms with Crippen LogP contribution in [0.4, 0.5) is 0 Å². The van der Waals surface area contributed by atoms with Gasteiger partial charge in [-0.15, -0.1) is 0 Å². The Kier molecular flexibility index (Phi) is 5.01. The lowest BCUT2D eigenvalue weighted by Gasteiger charge is -2.10. The number of rotatable bonds is 5. The number of hydrogen-bond donors (Lipinski definition) is 1. The van der Waals surface area contributed by atoms with Crippen LogP contribution in [-0.2, 0) is 17.8 Å². The first-order chi connectivity index (χ1) is 9.56. The van der Waals surface area contributed by atoms with E-state index in [1.807, 2.05) is 24.3 Å². The van der Waals surface area contributed by atoms with Gasteiger partial charge in [-0.3, -0.25) is 4.79 Å². The van der Waals surface area contributed by atoms with Gasteiger partial charge in [-0.2, -0.15) is 0 Å². The summed E-state index contributed by atoms with van der Waals surface area (Å²) in [6.07, 6.45) is 0.428. The Morgan fingerprint density at radius 1 is 1.10 bits per heavy atom. The van der Waals surface area contributed by atoms with Crippen molar-refractivity contribution in [2.24, 2.45) is 0 Å². The standard InChI is InChI=1S/C16H19BrN2O/c1-12-3-4-13(2)19(12)10-9-18-16(20)11-14-5-7-15(17)8-6-14/h3-8H,9-11H2,1-2H3,(H,18,20). The first kappa shape index (κ1) is 14.9. The van der Waals surface area contributed by atoms with E-state index in [1.54, 1.807) is 0 Å². The molecule has 4 heteroatoms. The SMILES string of the molecule is Cc1ccc(C)n1CCNC(=O)Cc1ccc(Br)cc1. The van der Waals surface area contributed by atoms with Crippen molar-refractivity contribution in [3.8, 4) is 0 Å². The van der Waals surface area contributed by atoms with E-state index in [-0.39, 0.29) is 5.91 Å². The summed E-state index contributed by atoms with van der Waals surface area (Å²) in [5, 5.41) is 2.97. The van der Waals surface area contributed by atoms with Gasteiger partial charge in [0, 0.05) is 29.0 Å². The zero-order valence-electron chi connectivity index (χ0n) is 11.8. The molecule has 0 unspecified atom stereocenters. The molecule has 1 aromatic heterocycles. The third-order valence-electron chi connectivity index (χ3n) is 3.35. The molecule has 0 aliphatic carbocycles. The van der Waals surface area contributed by atoms with Crippen LogP contribution in [0.25, 0.3) is 0 Å². The molecule has 0 saturated carbocycles. The van der Waals surface area contributed by atoms with Crippen molar-refractivity contribution in [2.75, 3.05) is 6.54 Å². The second kappa shape index (κ2) is 6.75. The minimum atomic E-state index is 0.0646. The number of halogens is 1. The quantitative estimate of drug-likeness (QED) is 0.894. The van der Waals surface area contributed by atoms with Crippen LogP contribution in [-0.4, -0.2) is 17.0 Å². The summed E-state index contributed by atoms with van der Waals surface area (Å²) in [7, 11) is 0. The van der Waals surface area contributed by atoms with Crippen LogP contribution in [0.15, 0.2) is 40.9 Å². The highest BCUT2D eigenvalue weighted by Gasteiger charge is 2.04. The Morgan fingerprint density at radius 3 is 2.30 bits per heavy atom. The smallest absolute Gasteiger partial charge is 0.224 e. The Bertz CT molecular complexity index is 568. The minimum Gasteiger partial charge on any atom is -0.354 e. The maximum atomic E-state index is 11.9. The van der Waals surface area contributed by atoms with Crippen LogP contribution < -0.4 is 5.32 Å². The van der Waals surface area contributed by atoms with Crippen LogP contribution in [0.2, 0.25) is 0 Å². The highest BCUT2D eigenvalue weighted by Crippen LogP contribution is 2.11. The Labute approximate surface area is 128 Å². The summed E-state index contributed by atoms with van der Waals surface area (Å²) in [6.45, 7) is 5.63. The molecule has 0 atom stereocenters. The van der Waals surface area contributed by atoms with Crippen molar-refractivity contribution in [2.45, 2.75) is 26.8 Å². The Balaban J connectivity index is 1.79. The largest absolute Gasteiger partial charge is 0.354 e.